The van der Waals surface area contributed by atoms with Crippen LogP contribution in [0.4, 0.5) is 0 Å². The van der Waals surface area contributed by atoms with E-state index in [9.17, 15) is 4.79 Å². The molecular formula is C20H27N3O. The van der Waals surface area contributed by atoms with Gasteiger partial charge < -0.3 is 4.90 Å². The van der Waals surface area contributed by atoms with Crippen LogP contribution in [-0.2, 0) is 12.8 Å². The summed E-state index contributed by atoms with van der Waals surface area (Å²) in [4.78, 5) is 23.1. The Bertz CT molecular complexity index is 667. The van der Waals surface area contributed by atoms with Gasteiger partial charge in [0.2, 0.25) is 0 Å². The van der Waals surface area contributed by atoms with Gasteiger partial charge >= 0.3 is 0 Å². The van der Waals surface area contributed by atoms with E-state index in [1.54, 1.807) is 4.90 Å². The molecule has 1 atom stereocenters. The summed E-state index contributed by atoms with van der Waals surface area (Å²) in [7, 11) is 1.83. The Morgan fingerprint density at radius 1 is 1.25 bits per heavy atom. The van der Waals surface area contributed by atoms with Gasteiger partial charge in [-0.3, -0.25) is 14.8 Å². The number of aryl methyl sites for hydroxylation is 2. The van der Waals surface area contributed by atoms with Crippen molar-refractivity contribution in [1.82, 2.24) is 14.9 Å². The molecule has 128 valence electrons. The number of hydrogen-bond acceptors (Lipinski definition) is 3. The summed E-state index contributed by atoms with van der Waals surface area (Å²) in [5.41, 5.74) is 3.88. The summed E-state index contributed by atoms with van der Waals surface area (Å²) < 4.78 is 0. The van der Waals surface area contributed by atoms with E-state index in [2.05, 4.69) is 29.9 Å². The predicted octanol–water partition coefficient (Wildman–Crippen LogP) is 3.83. The van der Waals surface area contributed by atoms with Crippen LogP contribution in [-0.4, -0.2) is 33.9 Å². The lowest BCUT2D eigenvalue weighted by atomic mass is 10.1. The molecule has 0 aliphatic heterocycles. The van der Waals surface area contributed by atoms with Gasteiger partial charge in [0.25, 0.3) is 5.91 Å². The maximum atomic E-state index is 12.6. The van der Waals surface area contributed by atoms with Crippen LogP contribution in [0.2, 0.25) is 0 Å². The van der Waals surface area contributed by atoms with Gasteiger partial charge in [-0.1, -0.05) is 19.4 Å². The molecule has 4 nitrogen and oxygen atoms in total. The molecule has 0 saturated heterocycles. The van der Waals surface area contributed by atoms with Gasteiger partial charge in [-0.25, -0.2) is 0 Å². The van der Waals surface area contributed by atoms with E-state index >= 15 is 0 Å². The average molecular weight is 325 g/mol. The van der Waals surface area contributed by atoms with Crippen LogP contribution >= 0.6 is 0 Å². The summed E-state index contributed by atoms with van der Waals surface area (Å²) in [5.74, 6) is -0.0443. The third kappa shape index (κ3) is 4.88. The van der Waals surface area contributed by atoms with Gasteiger partial charge in [-0.2, -0.15) is 0 Å². The fourth-order valence-corrected chi connectivity index (χ4v) is 2.61. The molecule has 24 heavy (non-hydrogen) atoms. The number of pyridine rings is 2. The van der Waals surface area contributed by atoms with Gasteiger partial charge in [0.1, 0.15) is 5.69 Å². The molecule has 1 unspecified atom stereocenters. The summed E-state index contributed by atoms with van der Waals surface area (Å²) in [6, 6.07) is 7.95. The molecule has 0 spiro atoms. The van der Waals surface area contributed by atoms with E-state index in [0.717, 1.165) is 31.4 Å². The first-order valence-corrected chi connectivity index (χ1v) is 8.65. The second kappa shape index (κ2) is 8.57. The highest BCUT2D eigenvalue weighted by atomic mass is 16.2. The smallest absolute Gasteiger partial charge is 0.272 e. The van der Waals surface area contributed by atoms with E-state index in [4.69, 9.17) is 0 Å². The van der Waals surface area contributed by atoms with Crippen LogP contribution < -0.4 is 0 Å². The zero-order valence-electron chi connectivity index (χ0n) is 15.1. The molecule has 1 amide bonds. The highest BCUT2D eigenvalue weighted by molar-refractivity contribution is 5.92. The lowest BCUT2D eigenvalue weighted by molar-refractivity contribution is 0.0737. The monoisotopic (exact) mass is 325 g/mol. The van der Waals surface area contributed by atoms with Crippen LogP contribution in [0, 0.1) is 6.92 Å². The van der Waals surface area contributed by atoms with Crippen LogP contribution in [0.25, 0.3) is 0 Å². The maximum Gasteiger partial charge on any atom is 0.272 e. The number of aromatic nitrogens is 2. The molecule has 2 rings (SSSR count). The molecular weight excluding hydrogens is 298 g/mol. The molecule has 0 fully saturated rings. The van der Waals surface area contributed by atoms with E-state index in [-0.39, 0.29) is 11.9 Å². The Kier molecular flexibility index (Phi) is 6.47. The van der Waals surface area contributed by atoms with Gasteiger partial charge in [-0.05, 0) is 56.0 Å². The molecule has 2 heterocycles. The molecule has 0 aliphatic rings. The zero-order valence-corrected chi connectivity index (χ0v) is 15.1. The summed E-state index contributed by atoms with van der Waals surface area (Å²) in [6.07, 6.45) is 7.70. The lowest BCUT2D eigenvalue weighted by Gasteiger charge is -2.24. The average Bonchev–Trinajstić information content (AvgIpc) is 2.59. The van der Waals surface area contributed by atoms with Crippen molar-refractivity contribution in [3.05, 3.63) is 59.2 Å². The standard InChI is InChI=1S/C20H27N3O/c1-5-6-7-17-8-9-19(22-14-17)20(24)23(4)16(3)13-18-12-15(2)10-11-21-18/h8-12,14,16H,5-7,13H2,1-4H3. The molecule has 0 saturated carbocycles. The first-order chi connectivity index (χ1) is 11.5. The molecule has 0 radical (unpaired) electrons. The van der Waals surface area contributed by atoms with Crippen molar-refractivity contribution in [2.45, 2.75) is 52.5 Å². The predicted molar refractivity (Wildman–Crippen MR) is 97.1 cm³/mol. The number of rotatable bonds is 7. The zero-order chi connectivity index (χ0) is 17.5. The Hall–Kier alpha value is -2.23. The van der Waals surface area contributed by atoms with Crippen LogP contribution in [0.5, 0.6) is 0 Å². The van der Waals surface area contributed by atoms with Crippen molar-refractivity contribution in [2.75, 3.05) is 7.05 Å². The number of likely N-dealkylation sites (N-methyl/N-ethyl adjacent to an activating group) is 1. The van der Waals surface area contributed by atoms with Crippen molar-refractivity contribution in [2.24, 2.45) is 0 Å². The van der Waals surface area contributed by atoms with Crippen LogP contribution in [0.3, 0.4) is 0 Å². The molecule has 0 N–H and O–H groups in total. The van der Waals surface area contributed by atoms with Crippen molar-refractivity contribution in [1.29, 1.82) is 0 Å². The third-order valence-corrected chi connectivity index (χ3v) is 4.32. The number of hydrogen-bond donors (Lipinski definition) is 0. The van der Waals surface area contributed by atoms with E-state index in [1.807, 2.05) is 44.6 Å². The summed E-state index contributed by atoms with van der Waals surface area (Å²) in [6.45, 7) is 6.26. The molecule has 0 bridgehead atoms. The minimum atomic E-state index is -0.0443. The number of carbonyl (C=O) groups is 1. The van der Waals surface area contributed by atoms with Crippen LogP contribution in [0.1, 0.15) is 54.0 Å². The second-order valence-electron chi connectivity index (χ2n) is 6.45. The van der Waals surface area contributed by atoms with Crippen molar-refractivity contribution in [3.63, 3.8) is 0 Å². The molecule has 4 heteroatoms. The first-order valence-electron chi connectivity index (χ1n) is 8.65. The quantitative estimate of drug-likeness (QED) is 0.777. The van der Waals surface area contributed by atoms with E-state index < -0.39 is 0 Å². The van der Waals surface area contributed by atoms with Gasteiger partial charge in [0.15, 0.2) is 0 Å². The molecule has 0 aliphatic carbocycles. The normalized spacial score (nSPS) is 12.0. The highest BCUT2D eigenvalue weighted by Crippen LogP contribution is 2.11. The Balaban J connectivity index is 2.00. The Morgan fingerprint density at radius 3 is 2.67 bits per heavy atom. The van der Waals surface area contributed by atoms with Crippen molar-refractivity contribution in [3.8, 4) is 0 Å². The maximum absolute atomic E-state index is 12.6. The summed E-state index contributed by atoms with van der Waals surface area (Å²) in [5, 5.41) is 0. The third-order valence-electron chi connectivity index (χ3n) is 4.32. The Morgan fingerprint density at radius 2 is 2.04 bits per heavy atom. The fraction of sp³-hybridized carbons (Fsp3) is 0.450. The number of unbranched alkanes of at least 4 members (excludes halogenated alkanes) is 1. The largest absolute Gasteiger partial charge is 0.337 e. The topological polar surface area (TPSA) is 46.1 Å². The summed E-state index contributed by atoms with van der Waals surface area (Å²) >= 11 is 0. The Labute approximate surface area is 144 Å². The minimum absolute atomic E-state index is 0.0443. The second-order valence-corrected chi connectivity index (χ2v) is 6.45. The first kappa shape index (κ1) is 18.1. The van der Waals surface area contributed by atoms with Crippen molar-refractivity contribution >= 4 is 5.91 Å². The van der Waals surface area contributed by atoms with Crippen molar-refractivity contribution < 1.29 is 4.79 Å². The van der Waals surface area contributed by atoms with E-state index in [1.165, 1.54) is 11.1 Å². The van der Waals surface area contributed by atoms with Gasteiger partial charge in [-0.15, -0.1) is 0 Å². The molecule has 2 aromatic heterocycles. The number of amides is 1. The number of nitrogens with zero attached hydrogens (tertiary/aromatic N) is 3. The van der Waals surface area contributed by atoms with Crippen LogP contribution in [0.15, 0.2) is 36.7 Å². The van der Waals surface area contributed by atoms with Gasteiger partial charge in [0, 0.05) is 37.6 Å². The van der Waals surface area contributed by atoms with Gasteiger partial charge in [0.05, 0.1) is 0 Å². The molecule has 0 aromatic carbocycles. The lowest BCUT2D eigenvalue weighted by Crippen LogP contribution is -2.37. The SMILES string of the molecule is CCCCc1ccc(C(=O)N(C)C(C)Cc2cc(C)ccn2)nc1. The van der Waals surface area contributed by atoms with E-state index in [0.29, 0.717) is 5.69 Å². The highest BCUT2D eigenvalue weighted by Gasteiger charge is 2.19. The molecule has 2 aromatic rings. The number of carbonyl (C=O) groups excluding carboxylic acids is 1. The minimum Gasteiger partial charge on any atom is -0.337 e. The fourth-order valence-electron chi connectivity index (χ4n) is 2.61.